The van der Waals surface area contributed by atoms with Crippen molar-refractivity contribution in [3.63, 3.8) is 0 Å². The highest BCUT2D eigenvalue weighted by Crippen LogP contribution is 2.27. The summed E-state index contributed by atoms with van der Waals surface area (Å²) in [5.41, 5.74) is 2.61. The lowest BCUT2D eigenvalue weighted by molar-refractivity contribution is 0.182. The Labute approximate surface area is 150 Å². The van der Waals surface area contributed by atoms with E-state index in [1.807, 2.05) is 6.07 Å². The summed E-state index contributed by atoms with van der Waals surface area (Å²) >= 11 is 0. The number of benzene rings is 2. The molecule has 25 heavy (non-hydrogen) atoms. The van der Waals surface area contributed by atoms with Crippen molar-refractivity contribution >= 4 is 0 Å². The smallest absolute Gasteiger partial charge is 0.161 e. The lowest BCUT2D eigenvalue weighted by Crippen LogP contribution is -2.45. The van der Waals surface area contributed by atoms with Crippen LogP contribution in [0.25, 0.3) is 0 Å². The predicted molar refractivity (Wildman–Crippen MR) is 101 cm³/mol. The largest absolute Gasteiger partial charge is 0.493 e. The second-order valence-corrected chi connectivity index (χ2v) is 6.63. The number of nitrogens with zero attached hydrogens (tertiary/aromatic N) is 1. The zero-order chi connectivity index (χ0) is 17.5. The summed E-state index contributed by atoms with van der Waals surface area (Å²) in [7, 11) is 3.34. The fraction of sp³-hybridized carbons (Fsp3) is 0.429. The summed E-state index contributed by atoms with van der Waals surface area (Å²) in [5, 5.41) is 3.70. The van der Waals surface area contributed by atoms with Crippen molar-refractivity contribution in [2.75, 3.05) is 27.3 Å². The van der Waals surface area contributed by atoms with Gasteiger partial charge in [-0.15, -0.1) is 0 Å². The quantitative estimate of drug-likeness (QED) is 0.837. The molecular formula is C21H28N2O2. The molecule has 0 aromatic heterocycles. The van der Waals surface area contributed by atoms with Crippen molar-refractivity contribution in [3.05, 3.63) is 59.7 Å². The maximum absolute atomic E-state index is 5.39. The molecule has 2 aromatic rings. The first-order valence-electron chi connectivity index (χ1n) is 8.99. The van der Waals surface area contributed by atoms with Gasteiger partial charge in [-0.2, -0.15) is 0 Å². The van der Waals surface area contributed by atoms with E-state index in [2.05, 4.69) is 52.7 Å². The van der Waals surface area contributed by atoms with E-state index in [1.54, 1.807) is 14.2 Å². The van der Waals surface area contributed by atoms with Gasteiger partial charge in [0.15, 0.2) is 11.5 Å². The van der Waals surface area contributed by atoms with E-state index in [0.29, 0.717) is 6.04 Å². The van der Waals surface area contributed by atoms with Gasteiger partial charge in [0, 0.05) is 25.7 Å². The van der Waals surface area contributed by atoms with Crippen molar-refractivity contribution in [1.82, 2.24) is 10.2 Å². The normalized spacial score (nSPS) is 18.1. The van der Waals surface area contributed by atoms with Crippen LogP contribution in [-0.2, 0) is 13.1 Å². The van der Waals surface area contributed by atoms with Crippen molar-refractivity contribution in [1.29, 1.82) is 0 Å². The maximum atomic E-state index is 5.39. The van der Waals surface area contributed by atoms with Crippen LogP contribution >= 0.6 is 0 Å². The zero-order valence-corrected chi connectivity index (χ0v) is 15.2. The Kier molecular flexibility index (Phi) is 6.31. The summed E-state index contributed by atoms with van der Waals surface area (Å²) in [6, 6.07) is 17.4. The van der Waals surface area contributed by atoms with Gasteiger partial charge in [0.1, 0.15) is 0 Å². The molecule has 1 heterocycles. The van der Waals surface area contributed by atoms with Crippen LogP contribution in [0.1, 0.15) is 24.0 Å². The van der Waals surface area contributed by atoms with E-state index >= 15 is 0 Å². The Hall–Kier alpha value is -2.04. The molecule has 134 valence electrons. The van der Waals surface area contributed by atoms with Crippen molar-refractivity contribution in [2.45, 2.75) is 32.0 Å². The van der Waals surface area contributed by atoms with E-state index in [9.17, 15) is 0 Å². The fourth-order valence-electron chi connectivity index (χ4n) is 3.46. The van der Waals surface area contributed by atoms with E-state index in [4.69, 9.17) is 9.47 Å². The molecule has 1 unspecified atom stereocenters. The number of piperidine rings is 1. The molecule has 1 aliphatic rings. The number of hydrogen-bond donors (Lipinski definition) is 1. The Morgan fingerprint density at radius 2 is 1.80 bits per heavy atom. The average Bonchev–Trinajstić information content (AvgIpc) is 2.67. The van der Waals surface area contributed by atoms with Crippen LogP contribution < -0.4 is 14.8 Å². The van der Waals surface area contributed by atoms with Crippen molar-refractivity contribution < 1.29 is 9.47 Å². The van der Waals surface area contributed by atoms with Gasteiger partial charge in [0.25, 0.3) is 0 Å². The molecule has 4 nitrogen and oxygen atoms in total. The molecule has 1 aliphatic heterocycles. The topological polar surface area (TPSA) is 33.7 Å². The number of hydrogen-bond acceptors (Lipinski definition) is 4. The van der Waals surface area contributed by atoms with E-state index in [-0.39, 0.29) is 0 Å². The van der Waals surface area contributed by atoms with Gasteiger partial charge < -0.3 is 14.8 Å². The summed E-state index contributed by atoms with van der Waals surface area (Å²) in [6.07, 6.45) is 2.48. The molecule has 0 amide bonds. The van der Waals surface area contributed by atoms with Crippen LogP contribution in [0.2, 0.25) is 0 Å². The predicted octanol–water partition coefficient (Wildman–Crippen LogP) is 3.46. The van der Waals surface area contributed by atoms with Crippen molar-refractivity contribution in [3.8, 4) is 11.5 Å². The monoisotopic (exact) mass is 340 g/mol. The Bertz CT molecular complexity index is 660. The molecule has 0 saturated carbocycles. The first-order chi connectivity index (χ1) is 12.3. The van der Waals surface area contributed by atoms with Gasteiger partial charge >= 0.3 is 0 Å². The van der Waals surface area contributed by atoms with Crippen LogP contribution in [0.4, 0.5) is 0 Å². The molecule has 0 aliphatic carbocycles. The number of nitrogens with one attached hydrogen (secondary N) is 1. The molecule has 2 aromatic carbocycles. The second kappa shape index (κ2) is 8.88. The number of rotatable bonds is 7. The van der Waals surface area contributed by atoms with E-state index in [1.165, 1.54) is 30.5 Å². The lowest BCUT2D eigenvalue weighted by Gasteiger charge is -2.33. The molecule has 1 saturated heterocycles. The number of methoxy groups -OCH3 is 2. The third-order valence-corrected chi connectivity index (χ3v) is 4.80. The van der Waals surface area contributed by atoms with Gasteiger partial charge in [-0.25, -0.2) is 0 Å². The minimum atomic E-state index is 0.533. The molecule has 3 rings (SSSR count). The number of likely N-dealkylation sites (tertiary alicyclic amines) is 1. The maximum Gasteiger partial charge on any atom is 0.161 e. The molecule has 0 bridgehead atoms. The number of ether oxygens (including phenoxy) is 2. The molecule has 0 spiro atoms. The first kappa shape index (κ1) is 17.8. The minimum absolute atomic E-state index is 0.533. The highest BCUT2D eigenvalue weighted by Gasteiger charge is 2.19. The standard InChI is InChI=1S/C21H28N2O2/c1-24-20-11-10-18(13-21(20)25-2)14-22-19-9-6-12-23(16-19)15-17-7-4-3-5-8-17/h3-5,7-8,10-11,13,19,22H,6,9,12,14-16H2,1-2H3. The SMILES string of the molecule is COc1ccc(CNC2CCCN(Cc3ccccc3)C2)cc1OC. The summed E-state index contributed by atoms with van der Waals surface area (Å²) in [4.78, 5) is 2.55. The average molecular weight is 340 g/mol. The second-order valence-electron chi connectivity index (χ2n) is 6.63. The molecule has 0 radical (unpaired) electrons. The molecule has 1 fully saturated rings. The minimum Gasteiger partial charge on any atom is -0.493 e. The Balaban J connectivity index is 1.53. The van der Waals surface area contributed by atoms with E-state index in [0.717, 1.165) is 31.1 Å². The lowest BCUT2D eigenvalue weighted by atomic mass is 10.0. The first-order valence-corrected chi connectivity index (χ1v) is 8.99. The van der Waals surface area contributed by atoms with E-state index < -0.39 is 0 Å². The fourth-order valence-corrected chi connectivity index (χ4v) is 3.46. The summed E-state index contributed by atoms with van der Waals surface area (Å²) in [5.74, 6) is 1.56. The van der Waals surface area contributed by atoms with Gasteiger partial charge in [0.05, 0.1) is 14.2 Å². The summed E-state index contributed by atoms with van der Waals surface area (Å²) in [6.45, 7) is 4.17. The summed E-state index contributed by atoms with van der Waals surface area (Å²) < 4.78 is 10.7. The Morgan fingerprint density at radius 3 is 2.56 bits per heavy atom. The van der Waals surface area contributed by atoms with Crippen LogP contribution in [-0.4, -0.2) is 38.3 Å². The third kappa shape index (κ3) is 4.97. The van der Waals surface area contributed by atoms with Crippen LogP contribution in [0.5, 0.6) is 11.5 Å². The van der Waals surface area contributed by atoms with Crippen molar-refractivity contribution in [2.24, 2.45) is 0 Å². The highest BCUT2D eigenvalue weighted by molar-refractivity contribution is 5.42. The molecule has 1 N–H and O–H groups in total. The van der Waals surface area contributed by atoms with Gasteiger partial charge in [-0.3, -0.25) is 4.90 Å². The highest BCUT2D eigenvalue weighted by atomic mass is 16.5. The van der Waals surface area contributed by atoms with Gasteiger partial charge in [-0.05, 0) is 42.6 Å². The van der Waals surface area contributed by atoms with Gasteiger partial charge in [-0.1, -0.05) is 36.4 Å². The Morgan fingerprint density at radius 1 is 1.00 bits per heavy atom. The van der Waals surface area contributed by atoms with Gasteiger partial charge in [0.2, 0.25) is 0 Å². The van der Waals surface area contributed by atoms with Crippen LogP contribution in [0, 0.1) is 0 Å². The third-order valence-electron chi connectivity index (χ3n) is 4.80. The molecular weight excluding hydrogens is 312 g/mol. The van der Waals surface area contributed by atoms with Crippen LogP contribution in [0.3, 0.4) is 0 Å². The van der Waals surface area contributed by atoms with Crippen LogP contribution in [0.15, 0.2) is 48.5 Å². The zero-order valence-electron chi connectivity index (χ0n) is 15.2. The molecule has 1 atom stereocenters. The molecule has 4 heteroatoms.